The summed E-state index contributed by atoms with van der Waals surface area (Å²) < 4.78 is 5.73. The van der Waals surface area contributed by atoms with E-state index in [0.717, 1.165) is 26.3 Å². The summed E-state index contributed by atoms with van der Waals surface area (Å²) in [6.45, 7) is 1.97. The van der Waals surface area contributed by atoms with Gasteiger partial charge >= 0.3 is 5.97 Å². The Labute approximate surface area is 175 Å². The van der Waals surface area contributed by atoms with Crippen molar-refractivity contribution < 1.29 is 14.3 Å². The number of methoxy groups -OCH3 is 1. The van der Waals surface area contributed by atoms with Crippen LogP contribution in [-0.4, -0.2) is 24.0 Å². The highest BCUT2D eigenvalue weighted by atomic mass is 79.9. The van der Waals surface area contributed by atoms with Gasteiger partial charge < -0.3 is 10.1 Å². The number of carbonyl (C=O) groups is 2. The number of aryl methyl sites for hydroxylation is 1. The maximum Gasteiger partial charge on any atom is 0.333 e. The van der Waals surface area contributed by atoms with Crippen LogP contribution in [0.3, 0.4) is 0 Å². The lowest BCUT2D eigenvalue weighted by molar-refractivity contribution is -0.145. The number of nitrogens with zero attached hydrogens (tertiary/aromatic N) is 1. The quantitative estimate of drug-likeness (QED) is 0.553. The maximum atomic E-state index is 12.5. The predicted octanol–water partition coefficient (Wildman–Crippen LogP) is 4.45. The van der Waals surface area contributed by atoms with Gasteiger partial charge in [0.1, 0.15) is 0 Å². The molecule has 28 heavy (non-hydrogen) atoms. The fourth-order valence-electron chi connectivity index (χ4n) is 2.74. The van der Waals surface area contributed by atoms with Crippen LogP contribution in [0.25, 0.3) is 11.3 Å². The topological polar surface area (TPSA) is 68.3 Å². The van der Waals surface area contributed by atoms with E-state index in [4.69, 9.17) is 4.74 Å². The number of carbonyl (C=O) groups excluding carboxylic acids is 2. The summed E-state index contributed by atoms with van der Waals surface area (Å²) in [6, 6.07) is 14.0. The molecule has 7 heteroatoms. The summed E-state index contributed by atoms with van der Waals surface area (Å²) in [5.74, 6) is -0.763. The number of hydrogen-bond acceptors (Lipinski definition) is 5. The van der Waals surface area contributed by atoms with Gasteiger partial charge in [0.05, 0.1) is 24.2 Å². The van der Waals surface area contributed by atoms with E-state index >= 15 is 0 Å². The highest BCUT2D eigenvalue weighted by molar-refractivity contribution is 9.10. The van der Waals surface area contributed by atoms with Gasteiger partial charge in [-0.3, -0.25) is 4.79 Å². The first-order chi connectivity index (χ1) is 13.5. The molecule has 1 heterocycles. The van der Waals surface area contributed by atoms with E-state index in [1.54, 1.807) is 23.5 Å². The van der Waals surface area contributed by atoms with Crippen LogP contribution in [0.2, 0.25) is 0 Å². The Morgan fingerprint density at radius 2 is 1.82 bits per heavy atom. The van der Waals surface area contributed by atoms with Gasteiger partial charge in [-0.25, -0.2) is 9.78 Å². The van der Waals surface area contributed by atoms with Crippen molar-refractivity contribution in [2.24, 2.45) is 0 Å². The SMILES string of the molecule is COC(=O)C(NC(=O)Cc1ccc(-c2csc(C)n2)cc1)c1ccc(Br)cc1. The molecule has 0 fully saturated rings. The van der Waals surface area contributed by atoms with Crippen molar-refractivity contribution in [3.63, 3.8) is 0 Å². The van der Waals surface area contributed by atoms with E-state index in [0.29, 0.717) is 5.56 Å². The Balaban J connectivity index is 1.68. The highest BCUT2D eigenvalue weighted by Gasteiger charge is 2.23. The first-order valence-electron chi connectivity index (χ1n) is 8.60. The molecule has 0 saturated heterocycles. The Bertz CT molecular complexity index is 968. The van der Waals surface area contributed by atoms with Crippen molar-refractivity contribution in [1.82, 2.24) is 10.3 Å². The number of ether oxygens (including phenoxy) is 1. The zero-order chi connectivity index (χ0) is 20.1. The standard InChI is InChI=1S/C21H19BrN2O3S/c1-13-23-18(12-28-13)15-5-3-14(4-6-15)11-19(25)24-20(21(26)27-2)16-7-9-17(22)10-8-16/h3-10,12,20H,11H2,1-2H3,(H,24,25). The van der Waals surface area contributed by atoms with Crippen molar-refractivity contribution in [3.8, 4) is 11.3 Å². The summed E-state index contributed by atoms with van der Waals surface area (Å²) >= 11 is 4.96. The molecule has 0 aliphatic carbocycles. The van der Waals surface area contributed by atoms with E-state index in [1.165, 1.54) is 7.11 Å². The second-order valence-corrected chi connectivity index (χ2v) is 8.18. The fourth-order valence-corrected chi connectivity index (χ4v) is 3.62. The number of benzene rings is 2. The van der Waals surface area contributed by atoms with Gasteiger partial charge in [-0.1, -0.05) is 52.3 Å². The molecule has 3 aromatic rings. The van der Waals surface area contributed by atoms with Gasteiger partial charge in [0.15, 0.2) is 6.04 Å². The highest BCUT2D eigenvalue weighted by Crippen LogP contribution is 2.22. The molecular formula is C21H19BrN2O3S. The van der Waals surface area contributed by atoms with E-state index in [1.807, 2.05) is 48.7 Å². The number of nitrogens with one attached hydrogen (secondary N) is 1. The molecule has 0 bridgehead atoms. The van der Waals surface area contributed by atoms with Gasteiger partial charge in [-0.05, 0) is 30.2 Å². The van der Waals surface area contributed by atoms with Crippen LogP contribution in [0.5, 0.6) is 0 Å². The molecule has 0 spiro atoms. The first kappa shape index (κ1) is 20.2. The summed E-state index contributed by atoms with van der Waals surface area (Å²) in [7, 11) is 1.30. The average molecular weight is 459 g/mol. The second-order valence-electron chi connectivity index (χ2n) is 6.20. The van der Waals surface area contributed by atoms with Crippen molar-refractivity contribution in [2.45, 2.75) is 19.4 Å². The van der Waals surface area contributed by atoms with Crippen molar-refractivity contribution in [1.29, 1.82) is 0 Å². The molecule has 5 nitrogen and oxygen atoms in total. The minimum Gasteiger partial charge on any atom is -0.467 e. The number of amides is 1. The molecular weight excluding hydrogens is 440 g/mol. The number of rotatable bonds is 6. The summed E-state index contributed by atoms with van der Waals surface area (Å²) in [5, 5.41) is 5.79. The van der Waals surface area contributed by atoms with E-state index in [2.05, 4.69) is 26.2 Å². The van der Waals surface area contributed by atoms with Crippen LogP contribution in [-0.2, 0) is 20.7 Å². The lowest BCUT2D eigenvalue weighted by Crippen LogP contribution is -2.35. The maximum absolute atomic E-state index is 12.5. The molecule has 0 aliphatic rings. The Morgan fingerprint density at radius 1 is 1.14 bits per heavy atom. The van der Waals surface area contributed by atoms with Gasteiger partial charge in [-0.15, -0.1) is 11.3 Å². The summed E-state index contributed by atoms with van der Waals surface area (Å²) in [6.07, 6.45) is 0.167. The van der Waals surface area contributed by atoms with Gasteiger partial charge in [0.2, 0.25) is 5.91 Å². The number of esters is 1. The smallest absolute Gasteiger partial charge is 0.333 e. The minimum absolute atomic E-state index is 0.167. The van der Waals surface area contributed by atoms with Gasteiger partial charge in [-0.2, -0.15) is 0 Å². The van der Waals surface area contributed by atoms with Crippen LogP contribution in [0.15, 0.2) is 58.4 Å². The predicted molar refractivity (Wildman–Crippen MR) is 113 cm³/mol. The molecule has 0 radical (unpaired) electrons. The van der Waals surface area contributed by atoms with Crippen molar-refractivity contribution >= 4 is 39.1 Å². The zero-order valence-electron chi connectivity index (χ0n) is 15.4. The van der Waals surface area contributed by atoms with Gasteiger partial charge in [0.25, 0.3) is 0 Å². The van der Waals surface area contributed by atoms with Crippen molar-refractivity contribution in [3.05, 3.63) is 74.5 Å². The molecule has 0 aliphatic heterocycles. The number of thiazole rings is 1. The molecule has 1 aromatic heterocycles. The summed E-state index contributed by atoms with van der Waals surface area (Å²) in [4.78, 5) is 29.1. The fraction of sp³-hybridized carbons (Fsp3) is 0.190. The van der Waals surface area contributed by atoms with Crippen LogP contribution in [0.4, 0.5) is 0 Å². The number of aromatic nitrogens is 1. The third-order valence-corrected chi connectivity index (χ3v) is 5.48. The lowest BCUT2D eigenvalue weighted by Gasteiger charge is -2.17. The molecule has 1 amide bonds. The average Bonchev–Trinajstić information content (AvgIpc) is 3.13. The van der Waals surface area contributed by atoms with Crippen LogP contribution in [0, 0.1) is 6.92 Å². The molecule has 3 rings (SSSR count). The lowest BCUT2D eigenvalue weighted by atomic mass is 10.0. The third-order valence-electron chi connectivity index (χ3n) is 4.18. The van der Waals surface area contributed by atoms with E-state index in [-0.39, 0.29) is 12.3 Å². The molecule has 1 N–H and O–H groups in total. The third kappa shape index (κ3) is 5.05. The number of halogens is 1. The van der Waals surface area contributed by atoms with Crippen LogP contribution in [0.1, 0.15) is 22.2 Å². The molecule has 2 aromatic carbocycles. The van der Waals surface area contributed by atoms with E-state index < -0.39 is 12.0 Å². The normalized spacial score (nSPS) is 11.7. The summed E-state index contributed by atoms with van der Waals surface area (Å²) in [5.41, 5.74) is 3.46. The number of hydrogen-bond donors (Lipinski definition) is 1. The molecule has 144 valence electrons. The first-order valence-corrected chi connectivity index (χ1v) is 10.3. The van der Waals surface area contributed by atoms with Crippen LogP contribution < -0.4 is 5.32 Å². The van der Waals surface area contributed by atoms with E-state index in [9.17, 15) is 9.59 Å². The Morgan fingerprint density at radius 3 is 2.39 bits per heavy atom. The monoisotopic (exact) mass is 458 g/mol. The Kier molecular flexibility index (Phi) is 6.59. The van der Waals surface area contributed by atoms with Crippen molar-refractivity contribution in [2.75, 3.05) is 7.11 Å². The zero-order valence-corrected chi connectivity index (χ0v) is 17.8. The largest absolute Gasteiger partial charge is 0.467 e. The van der Waals surface area contributed by atoms with Gasteiger partial charge in [0, 0.05) is 15.4 Å². The minimum atomic E-state index is -0.845. The molecule has 1 atom stereocenters. The Hall–Kier alpha value is -2.51. The second kappa shape index (κ2) is 9.12. The molecule has 1 unspecified atom stereocenters. The van der Waals surface area contributed by atoms with Crippen LogP contribution >= 0.6 is 27.3 Å². The molecule has 0 saturated carbocycles.